The minimum Gasteiger partial charge on any atom is -0.480 e. The molecule has 0 aromatic carbocycles. The minimum absolute atomic E-state index is 0.110. The maximum Gasteiger partial charge on any atom is 0.411 e. The van der Waals surface area contributed by atoms with Gasteiger partial charge in [-0.05, 0) is 39.1 Å². The fourth-order valence-electron chi connectivity index (χ4n) is 1.90. The van der Waals surface area contributed by atoms with Gasteiger partial charge >= 0.3 is 12.1 Å². The van der Waals surface area contributed by atoms with Crippen molar-refractivity contribution in [2.45, 2.75) is 51.3 Å². The zero-order chi connectivity index (χ0) is 14.6. The van der Waals surface area contributed by atoms with Crippen molar-refractivity contribution in [3.05, 3.63) is 10.4 Å². The van der Waals surface area contributed by atoms with E-state index in [1.807, 2.05) is 0 Å². The third-order valence-electron chi connectivity index (χ3n) is 2.70. The van der Waals surface area contributed by atoms with Gasteiger partial charge in [-0.1, -0.05) is 5.11 Å². The Kier molecular flexibility index (Phi) is 4.61. The molecule has 106 valence electrons. The van der Waals surface area contributed by atoms with Crippen molar-refractivity contribution in [2.75, 3.05) is 6.54 Å². The van der Waals surface area contributed by atoms with Crippen LogP contribution in [0.2, 0.25) is 0 Å². The molecule has 0 bridgehead atoms. The molecule has 0 aliphatic carbocycles. The second-order valence-corrected chi connectivity index (χ2v) is 5.41. The molecule has 1 aliphatic heterocycles. The van der Waals surface area contributed by atoms with E-state index in [0.717, 1.165) is 0 Å². The van der Waals surface area contributed by atoms with Gasteiger partial charge in [-0.3, -0.25) is 4.90 Å². The molecule has 0 spiro atoms. The van der Waals surface area contributed by atoms with Crippen molar-refractivity contribution >= 4 is 12.1 Å². The summed E-state index contributed by atoms with van der Waals surface area (Å²) in [6.45, 7) is 5.35. The molecular weight excluding hydrogens is 252 g/mol. The second kappa shape index (κ2) is 5.79. The summed E-state index contributed by atoms with van der Waals surface area (Å²) in [5, 5.41) is 12.7. The molecule has 1 heterocycles. The molecule has 1 aliphatic rings. The summed E-state index contributed by atoms with van der Waals surface area (Å²) in [4.78, 5) is 27.0. The smallest absolute Gasteiger partial charge is 0.411 e. The standard InChI is InChI=1S/C11H18N4O4/c1-11(2,3)19-10(18)15-5-4-7(13-14-12)6-8(15)9(16)17/h7-8H,4-6H2,1-3H3,(H,16,17)/t7-,8-/m0/s1. The molecule has 0 radical (unpaired) electrons. The van der Waals surface area contributed by atoms with Gasteiger partial charge in [0.15, 0.2) is 0 Å². The van der Waals surface area contributed by atoms with Crippen molar-refractivity contribution < 1.29 is 19.4 Å². The van der Waals surface area contributed by atoms with E-state index in [-0.39, 0.29) is 13.0 Å². The Morgan fingerprint density at radius 3 is 2.58 bits per heavy atom. The quantitative estimate of drug-likeness (QED) is 0.470. The van der Waals surface area contributed by atoms with E-state index in [2.05, 4.69) is 10.0 Å². The first-order chi connectivity index (χ1) is 8.74. The summed E-state index contributed by atoms with van der Waals surface area (Å²) >= 11 is 0. The molecule has 0 unspecified atom stereocenters. The van der Waals surface area contributed by atoms with E-state index in [1.54, 1.807) is 20.8 Å². The summed E-state index contributed by atoms with van der Waals surface area (Å²) in [5.41, 5.74) is 7.70. The number of likely N-dealkylation sites (tertiary alicyclic amines) is 1. The van der Waals surface area contributed by atoms with E-state index in [0.29, 0.717) is 6.42 Å². The van der Waals surface area contributed by atoms with Crippen LogP contribution in [0.1, 0.15) is 33.6 Å². The van der Waals surface area contributed by atoms with E-state index < -0.39 is 29.7 Å². The van der Waals surface area contributed by atoms with Crippen LogP contribution in [0.3, 0.4) is 0 Å². The van der Waals surface area contributed by atoms with Crippen LogP contribution >= 0.6 is 0 Å². The fourth-order valence-corrected chi connectivity index (χ4v) is 1.90. The highest BCUT2D eigenvalue weighted by Crippen LogP contribution is 2.23. The van der Waals surface area contributed by atoms with Crippen LogP contribution in [0.4, 0.5) is 4.79 Å². The van der Waals surface area contributed by atoms with Crippen molar-refractivity contribution in [2.24, 2.45) is 5.11 Å². The van der Waals surface area contributed by atoms with Gasteiger partial charge in [-0.25, -0.2) is 9.59 Å². The number of amides is 1. The Bertz CT molecular complexity index is 411. The molecule has 0 aromatic heterocycles. The van der Waals surface area contributed by atoms with E-state index in [1.165, 1.54) is 4.90 Å². The van der Waals surface area contributed by atoms with Gasteiger partial charge in [0.25, 0.3) is 0 Å². The first-order valence-corrected chi connectivity index (χ1v) is 6.01. The molecule has 1 N–H and O–H groups in total. The highest BCUT2D eigenvalue weighted by molar-refractivity contribution is 5.80. The Morgan fingerprint density at radius 1 is 1.47 bits per heavy atom. The molecular formula is C11H18N4O4. The van der Waals surface area contributed by atoms with Crippen molar-refractivity contribution in [1.82, 2.24) is 4.90 Å². The lowest BCUT2D eigenvalue weighted by Gasteiger charge is -2.36. The van der Waals surface area contributed by atoms with Crippen LogP contribution in [0, 0.1) is 0 Å². The molecule has 1 saturated heterocycles. The number of carbonyl (C=O) groups excluding carboxylic acids is 1. The highest BCUT2D eigenvalue weighted by Gasteiger charge is 2.37. The molecule has 2 atom stereocenters. The number of carboxylic acids is 1. The van der Waals surface area contributed by atoms with E-state index in [9.17, 15) is 9.59 Å². The lowest BCUT2D eigenvalue weighted by Crippen LogP contribution is -2.52. The summed E-state index contributed by atoms with van der Waals surface area (Å²) in [7, 11) is 0. The SMILES string of the molecule is CC(C)(C)OC(=O)N1CC[C@H](N=[N+]=[N-])C[C@H]1C(=O)O. The third-order valence-corrected chi connectivity index (χ3v) is 2.70. The number of piperidine rings is 1. The van der Waals surface area contributed by atoms with Gasteiger partial charge in [-0.2, -0.15) is 0 Å². The van der Waals surface area contributed by atoms with Gasteiger partial charge in [0, 0.05) is 17.5 Å². The molecule has 1 rings (SSSR count). The Morgan fingerprint density at radius 2 is 2.11 bits per heavy atom. The number of carboxylic acid groups (broad SMARTS) is 1. The fraction of sp³-hybridized carbons (Fsp3) is 0.818. The number of carbonyl (C=O) groups is 2. The highest BCUT2D eigenvalue weighted by atomic mass is 16.6. The number of ether oxygens (including phenoxy) is 1. The van der Waals surface area contributed by atoms with E-state index in [4.69, 9.17) is 15.4 Å². The van der Waals surface area contributed by atoms with Gasteiger partial charge in [0.05, 0.1) is 0 Å². The van der Waals surface area contributed by atoms with E-state index >= 15 is 0 Å². The van der Waals surface area contributed by atoms with Crippen LogP contribution in [0.5, 0.6) is 0 Å². The first kappa shape index (κ1) is 15.1. The summed E-state index contributed by atoms with van der Waals surface area (Å²) in [5.74, 6) is -1.12. The van der Waals surface area contributed by atoms with Gasteiger partial charge in [0.2, 0.25) is 0 Å². The molecule has 8 nitrogen and oxygen atoms in total. The topological polar surface area (TPSA) is 116 Å². The number of hydrogen-bond acceptors (Lipinski definition) is 4. The predicted molar refractivity (Wildman–Crippen MR) is 66.5 cm³/mol. The average molecular weight is 270 g/mol. The summed E-state index contributed by atoms with van der Waals surface area (Å²) in [6, 6.07) is -1.41. The van der Waals surface area contributed by atoms with Gasteiger partial charge in [-0.15, -0.1) is 0 Å². The van der Waals surface area contributed by atoms with Crippen LogP contribution in [-0.4, -0.2) is 46.3 Å². The summed E-state index contributed by atoms with van der Waals surface area (Å²) < 4.78 is 5.17. The number of aliphatic carboxylic acids is 1. The largest absolute Gasteiger partial charge is 0.480 e. The molecule has 1 fully saturated rings. The first-order valence-electron chi connectivity index (χ1n) is 6.01. The number of hydrogen-bond donors (Lipinski definition) is 1. The Hall–Kier alpha value is -1.95. The van der Waals surface area contributed by atoms with Gasteiger partial charge in [0.1, 0.15) is 11.6 Å². The van der Waals surface area contributed by atoms with Crippen molar-refractivity contribution in [3.8, 4) is 0 Å². The molecule has 19 heavy (non-hydrogen) atoms. The van der Waals surface area contributed by atoms with Gasteiger partial charge < -0.3 is 9.84 Å². The van der Waals surface area contributed by atoms with Crippen LogP contribution in [0.25, 0.3) is 10.4 Å². The lowest BCUT2D eigenvalue weighted by atomic mass is 9.98. The molecule has 0 saturated carbocycles. The normalized spacial score (nSPS) is 23.4. The van der Waals surface area contributed by atoms with Crippen LogP contribution in [-0.2, 0) is 9.53 Å². The molecule has 1 amide bonds. The lowest BCUT2D eigenvalue weighted by molar-refractivity contribution is -0.144. The maximum absolute atomic E-state index is 11.9. The Balaban J connectivity index is 2.80. The van der Waals surface area contributed by atoms with Crippen LogP contribution in [0.15, 0.2) is 5.11 Å². The second-order valence-electron chi connectivity index (χ2n) is 5.41. The predicted octanol–water partition coefficient (Wildman–Crippen LogP) is 2.15. The zero-order valence-electron chi connectivity index (χ0n) is 11.2. The molecule has 8 heteroatoms. The zero-order valence-corrected chi connectivity index (χ0v) is 11.2. The third kappa shape index (κ3) is 4.33. The summed E-state index contributed by atoms with van der Waals surface area (Å²) in [6.07, 6.45) is -0.106. The van der Waals surface area contributed by atoms with Crippen LogP contribution < -0.4 is 0 Å². The van der Waals surface area contributed by atoms with Crippen molar-refractivity contribution in [1.29, 1.82) is 0 Å². The number of rotatable bonds is 2. The average Bonchev–Trinajstić information content (AvgIpc) is 2.26. The monoisotopic (exact) mass is 270 g/mol. The molecule has 0 aromatic rings. The number of azide groups is 1. The number of nitrogens with zero attached hydrogens (tertiary/aromatic N) is 4. The van der Waals surface area contributed by atoms with Crippen molar-refractivity contribution in [3.63, 3.8) is 0 Å². The Labute approximate surface area is 111 Å². The maximum atomic E-state index is 11.9. The minimum atomic E-state index is -1.12.